The minimum atomic E-state index is -0.567. The lowest BCUT2D eigenvalue weighted by Crippen LogP contribution is -2.58. The highest BCUT2D eigenvalue weighted by molar-refractivity contribution is 5.94. The summed E-state index contributed by atoms with van der Waals surface area (Å²) in [6.07, 6.45) is 3.17. The third-order valence-corrected chi connectivity index (χ3v) is 8.61. The molecule has 182 valence electrons. The second-order valence-corrected chi connectivity index (χ2v) is 10.7. The number of aliphatic hydroxyl groups is 1. The molecule has 2 aromatic rings. The minimum absolute atomic E-state index is 0.00565. The molecule has 7 atom stereocenters. The smallest absolute Gasteiger partial charge is 0.251 e. The molecule has 0 saturated heterocycles. The van der Waals surface area contributed by atoms with Crippen LogP contribution in [0.4, 0.5) is 0 Å². The van der Waals surface area contributed by atoms with Crippen LogP contribution in [0.25, 0.3) is 0 Å². The van der Waals surface area contributed by atoms with E-state index in [1.807, 2.05) is 67.6 Å². The van der Waals surface area contributed by atoms with Gasteiger partial charge in [-0.15, -0.1) is 0 Å². The van der Waals surface area contributed by atoms with Gasteiger partial charge >= 0.3 is 0 Å². The van der Waals surface area contributed by atoms with Crippen LogP contribution in [0.3, 0.4) is 0 Å². The van der Waals surface area contributed by atoms with Gasteiger partial charge in [0, 0.05) is 24.1 Å². The topological polar surface area (TPSA) is 78.4 Å². The zero-order valence-electron chi connectivity index (χ0n) is 20.5. The van der Waals surface area contributed by atoms with Gasteiger partial charge in [0.05, 0.1) is 6.10 Å². The molecular formula is C29H38N2O3. The molecule has 0 spiro atoms. The summed E-state index contributed by atoms with van der Waals surface area (Å²) in [6, 6.07) is 19.2. The number of amides is 2. The summed E-state index contributed by atoms with van der Waals surface area (Å²) in [4.78, 5) is 25.8. The van der Waals surface area contributed by atoms with Crippen molar-refractivity contribution in [2.24, 2.45) is 29.1 Å². The number of aliphatic hydroxyl groups excluding tert-OH is 1. The molecular weight excluding hydrogens is 424 g/mol. The Labute approximate surface area is 203 Å². The molecule has 2 fully saturated rings. The van der Waals surface area contributed by atoms with E-state index in [-0.39, 0.29) is 46.9 Å². The van der Waals surface area contributed by atoms with Crippen molar-refractivity contribution in [1.29, 1.82) is 0 Å². The van der Waals surface area contributed by atoms with Gasteiger partial charge in [-0.05, 0) is 66.5 Å². The Kier molecular flexibility index (Phi) is 7.42. The number of fused-ring (bicyclic) bond motifs is 1. The average molecular weight is 463 g/mol. The maximum absolute atomic E-state index is 13.0. The Morgan fingerprint density at radius 2 is 1.65 bits per heavy atom. The fourth-order valence-corrected chi connectivity index (χ4v) is 6.48. The number of benzene rings is 2. The van der Waals surface area contributed by atoms with Crippen LogP contribution >= 0.6 is 0 Å². The van der Waals surface area contributed by atoms with E-state index in [0.717, 1.165) is 31.2 Å². The van der Waals surface area contributed by atoms with Crippen molar-refractivity contribution < 1.29 is 14.7 Å². The van der Waals surface area contributed by atoms with E-state index in [1.54, 1.807) is 0 Å². The van der Waals surface area contributed by atoms with Crippen LogP contribution in [-0.2, 0) is 11.3 Å². The zero-order valence-corrected chi connectivity index (χ0v) is 20.5. The van der Waals surface area contributed by atoms with Gasteiger partial charge in [0.15, 0.2) is 0 Å². The number of hydrogen-bond donors (Lipinski definition) is 3. The van der Waals surface area contributed by atoms with Crippen molar-refractivity contribution in [3.05, 3.63) is 71.8 Å². The summed E-state index contributed by atoms with van der Waals surface area (Å²) in [5, 5.41) is 17.9. The largest absolute Gasteiger partial charge is 0.392 e. The van der Waals surface area contributed by atoms with Crippen LogP contribution in [0.1, 0.15) is 62.4 Å². The summed E-state index contributed by atoms with van der Waals surface area (Å²) in [7, 11) is 0. The van der Waals surface area contributed by atoms with Gasteiger partial charge in [0.25, 0.3) is 5.91 Å². The van der Waals surface area contributed by atoms with Gasteiger partial charge in [-0.1, -0.05) is 69.3 Å². The molecule has 0 bridgehead atoms. The van der Waals surface area contributed by atoms with E-state index in [1.165, 1.54) is 0 Å². The highest BCUT2D eigenvalue weighted by atomic mass is 16.3. The van der Waals surface area contributed by atoms with Gasteiger partial charge in [-0.25, -0.2) is 0 Å². The first kappa shape index (κ1) is 24.5. The molecule has 4 rings (SSSR count). The molecule has 2 aliphatic carbocycles. The van der Waals surface area contributed by atoms with Crippen LogP contribution in [-0.4, -0.2) is 29.1 Å². The number of nitrogens with one attached hydrogen (secondary N) is 2. The van der Waals surface area contributed by atoms with Crippen LogP contribution in [0.15, 0.2) is 60.7 Å². The molecule has 3 N–H and O–H groups in total. The molecule has 5 heteroatoms. The fraction of sp³-hybridized carbons (Fsp3) is 0.517. The third kappa shape index (κ3) is 5.05. The van der Waals surface area contributed by atoms with Crippen molar-refractivity contribution in [2.75, 3.05) is 0 Å². The highest BCUT2D eigenvalue weighted by Crippen LogP contribution is 2.55. The fourth-order valence-electron chi connectivity index (χ4n) is 6.48. The van der Waals surface area contributed by atoms with E-state index in [0.29, 0.717) is 12.1 Å². The van der Waals surface area contributed by atoms with Crippen LogP contribution in [0, 0.1) is 29.1 Å². The molecule has 5 nitrogen and oxygen atoms in total. The molecule has 7 unspecified atom stereocenters. The van der Waals surface area contributed by atoms with Crippen LogP contribution in [0.2, 0.25) is 0 Å². The Morgan fingerprint density at radius 3 is 2.32 bits per heavy atom. The summed E-state index contributed by atoms with van der Waals surface area (Å²) in [5.41, 5.74) is 1.76. The minimum Gasteiger partial charge on any atom is -0.392 e. The SMILES string of the molecule is CC(C(=O)NCc1ccccc1)C1CCC2(C)CCC(NC(=O)c3ccccc3)C(C)C2C1O. The van der Waals surface area contributed by atoms with E-state index >= 15 is 0 Å². The number of hydrogen-bond acceptors (Lipinski definition) is 3. The maximum atomic E-state index is 13.0. The third-order valence-electron chi connectivity index (χ3n) is 8.61. The molecule has 0 aliphatic heterocycles. The maximum Gasteiger partial charge on any atom is 0.251 e. The van der Waals surface area contributed by atoms with E-state index in [2.05, 4.69) is 24.5 Å². The van der Waals surface area contributed by atoms with Gasteiger partial charge in [0.1, 0.15) is 0 Å². The normalized spacial score (nSPS) is 31.7. The predicted molar refractivity (Wildman–Crippen MR) is 134 cm³/mol. The summed E-state index contributed by atoms with van der Waals surface area (Å²) >= 11 is 0. The highest BCUT2D eigenvalue weighted by Gasteiger charge is 2.53. The van der Waals surface area contributed by atoms with Crippen molar-refractivity contribution in [3.8, 4) is 0 Å². The first-order valence-corrected chi connectivity index (χ1v) is 12.7. The van der Waals surface area contributed by atoms with E-state index < -0.39 is 6.10 Å². The van der Waals surface area contributed by atoms with Gasteiger partial charge in [-0.3, -0.25) is 9.59 Å². The molecule has 0 aromatic heterocycles. The molecule has 2 aliphatic rings. The zero-order chi connectivity index (χ0) is 24.3. The van der Waals surface area contributed by atoms with Crippen LogP contribution < -0.4 is 10.6 Å². The lowest BCUT2D eigenvalue weighted by Gasteiger charge is -2.56. The quantitative estimate of drug-likeness (QED) is 0.589. The van der Waals surface area contributed by atoms with Crippen molar-refractivity contribution in [3.63, 3.8) is 0 Å². The van der Waals surface area contributed by atoms with Crippen molar-refractivity contribution in [2.45, 2.75) is 65.1 Å². The van der Waals surface area contributed by atoms with Crippen LogP contribution in [0.5, 0.6) is 0 Å². The first-order valence-electron chi connectivity index (χ1n) is 12.7. The lowest BCUT2D eigenvalue weighted by molar-refractivity contribution is -0.142. The Morgan fingerprint density at radius 1 is 1.03 bits per heavy atom. The molecule has 34 heavy (non-hydrogen) atoms. The average Bonchev–Trinajstić information content (AvgIpc) is 2.85. The first-order chi connectivity index (χ1) is 16.3. The molecule has 2 saturated carbocycles. The van der Waals surface area contributed by atoms with Gasteiger partial charge in [-0.2, -0.15) is 0 Å². The molecule has 2 amide bonds. The second-order valence-electron chi connectivity index (χ2n) is 10.7. The van der Waals surface area contributed by atoms with E-state index in [9.17, 15) is 14.7 Å². The monoisotopic (exact) mass is 462 g/mol. The summed E-state index contributed by atoms with van der Waals surface area (Å²) in [6.45, 7) is 6.88. The second kappa shape index (κ2) is 10.3. The van der Waals surface area contributed by atoms with Gasteiger partial charge < -0.3 is 15.7 Å². The molecule has 0 heterocycles. The summed E-state index contributed by atoms with van der Waals surface area (Å²) < 4.78 is 0. The number of carbonyl (C=O) groups excluding carboxylic acids is 2. The Bertz CT molecular complexity index is 979. The summed E-state index contributed by atoms with van der Waals surface area (Å²) in [5.74, 6) is -0.241. The lowest BCUT2D eigenvalue weighted by atomic mass is 9.51. The Hall–Kier alpha value is -2.66. The predicted octanol–water partition coefficient (Wildman–Crippen LogP) is 4.56. The molecule has 0 radical (unpaired) electrons. The van der Waals surface area contributed by atoms with Crippen molar-refractivity contribution >= 4 is 11.8 Å². The van der Waals surface area contributed by atoms with E-state index in [4.69, 9.17) is 0 Å². The number of rotatable bonds is 6. The van der Waals surface area contributed by atoms with Crippen molar-refractivity contribution in [1.82, 2.24) is 10.6 Å². The standard InChI is InChI=1S/C29H38N2O3/c1-19(27(33)30-18-21-10-6-4-7-11-21)23-14-16-29(3)17-15-24(20(2)25(29)26(23)32)31-28(34)22-12-8-5-9-13-22/h4-13,19-20,23-26,32H,14-18H2,1-3H3,(H,30,33)(H,31,34). The Balaban J connectivity index is 1.42. The number of carbonyl (C=O) groups is 2. The molecule has 2 aromatic carbocycles. The van der Waals surface area contributed by atoms with Gasteiger partial charge in [0.2, 0.25) is 5.91 Å².